The minimum Gasteiger partial charge on any atom is -0.337 e. The first-order chi connectivity index (χ1) is 10.4. The molecular weight excluding hydrogens is 304 g/mol. The van der Waals surface area contributed by atoms with E-state index in [9.17, 15) is 14.9 Å². The lowest BCUT2D eigenvalue weighted by Gasteiger charge is -2.17. The van der Waals surface area contributed by atoms with Gasteiger partial charge < -0.3 is 4.90 Å². The predicted octanol–water partition coefficient (Wildman–Crippen LogP) is 3.83. The van der Waals surface area contributed by atoms with Crippen molar-refractivity contribution in [1.29, 1.82) is 0 Å². The summed E-state index contributed by atoms with van der Waals surface area (Å²) >= 11 is 5.92. The Labute approximate surface area is 133 Å². The number of halogens is 1. The van der Waals surface area contributed by atoms with Gasteiger partial charge in [-0.3, -0.25) is 14.9 Å². The van der Waals surface area contributed by atoms with Crippen LogP contribution in [0.2, 0.25) is 5.02 Å². The van der Waals surface area contributed by atoms with E-state index in [1.807, 2.05) is 12.1 Å². The molecule has 0 aliphatic rings. The number of nitro groups is 1. The molecule has 6 heteroatoms. The standard InChI is InChI=1S/C16H15ClN2O3/c1-11-6-7-13(9-15(11)19(21)22)16(20)18(2)10-12-4-3-5-14(17)8-12/h3-9H,10H2,1-2H3. The van der Waals surface area contributed by atoms with Gasteiger partial charge in [-0.15, -0.1) is 0 Å². The van der Waals surface area contributed by atoms with Gasteiger partial charge in [0.15, 0.2) is 0 Å². The lowest BCUT2D eigenvalue weighted by Crippen LogP contribution is -2.26. The summed E-state index contributed by atoms with van der Waals surface area (Å²) in [7, 11) is 1.65. The second-order valence-corrected chi connectivity index (χ2v) is 5.49. The first-order valence-electron chi connectivity index (χ1n) is 6.63. The van der Waals surface area contributed by atoms with Gasteiger partial charge in [0.25, 0.3) is 11.6 Å². The minimum absolute atomic E-state index is 0.0537. The zero-order valence-electron chi connectivity index (χ0n) is 12.2. The van der Waals surface area contributed by atoms with Gasteiger partial charge in [-0.1, -0.05) is 29.8 Å². The Morgan fingerprint density at radius 3 is 2.64 bits per heavy atom. The third-order valence-electron chi connectivity index (χ3n) is 3.31. The molecule has 0 bridgehead atoms. The van der Waals surface area contributed by atoms with Crippen LogP contribution in [-0.4, -0.2) is 22.8 Å². The first kappa shape index (κ1) is 16.0. The van der Waals surface area contributed by atoms with Crippen LogP contribution in [0.4, 0.5) is 5.69 Å². The summed E-state index contributed by atoms with van der Waals surface area (Å²) in [4.78, 5) is 24.4. The van der Waals surface area contributed by atoms with Crippen molar-refractivity contribution in [1.82, 2.24) is 4.90 Å². The number of carbonyl (C=O) groups is 1. The topological polar surface area (TPSA) is 63.5 Å². The van der Waals surface area contributed by atoms with E-state index >= 15 is 0 Å². The highest BCUT2D eigenvalue weighted by Gasteiger charge is 2.17. The molecule has 0 radical (unpaired) electrons. The maximum absolute atomic E-state index is 12.4. The van der Waals surface area contributed by atoms with E-state index < -0.39 is 4.92 Å². The van der Waals surface area contributed by atoms with Crippen LogP contribution in [0.25, 0.3) is 0 Å². The van der Waals surface area contributed by atoms with Crippen molar-refractivity contribution >= 4 is 23.2 Å². The highest BCUT2D eigenvalue weighted by Crippen LogP contribution is 2.21. The minimum atomic E-state index is -0.483. The number of benzene rings is 2. The van der Waals surface area contributed by atoms with E-state index in [0.717, 1.165) is 5.56 Å². The number of amides is 1. The van der Waals surface area contributed by atoms with Crippen molar-refractivity contribution in [3.05, 3.63) is 74.3 Å². The summed E-state index contributed by atoms with van der Waals surface area (Å²) in [5, 5.41) is 11.6. The van der Waals surface area contributed by atoms with Crippen LogP contribution < -0.4 is 0 Å². The third-order valence-corrected chi connectivity index (χ3v) is 3.54. The fourth-order valence-electron chi connectivity index (χ4n) is 2.14. The number of aryl methyl sites for hydroxylation is 1. The normalized spacial score (nSPS) is 10.3. The Hall–Kier alpha value is -2.40. The molecule has 0 saturated heterocycles. The SMILES string of the molecule is Cc1ccc(C(=O)N(C)Cc2cccc(Cl)c2)cc1[N+](=O)[O-]. The monoisotopic (exact) mass is 318 g/mol. The van der Waals surface area contributed by atoms with E-state index in [-0.39, 0.29) is 11.6 Å². The molecule has 0 aromatic heterocycles. The average Bonchev–Trinajstić information content (AvgIpc) is 2.46. The molecule has 0 spiro atoms. The largest absolute Gasteiger partial charge is 0.337 e. The van der Waals surface area contributed by atoms with Gasteiger partial charge in [-0.25, -0.2) is 0 Å². The number of hydrogen-bond acceptors (Lipinski definition) is 3. The smallest absolute Gasteiger partial charge is 0.273 e. The molecule has 0 aliphatic carbocycles. The van der Waals surface area contributed by atoms with Gasteiger partial charge in [-0.2, -0.15) is 0 Å². The van der Waals surface area contributed by atoms with E-state index in [1.165, 1.54) is 11.0 Å². The summed E-state index contributed by atoms with van der Waals surface area (Å²) < 4.78 is 0. The summed E-state index contributed by atoms with van der Waals surface area (Å²) in [5.41, 5.74) is 1.66. The maximum Gasteiger partial charge on any atom is 0.273 e. The fraction of sp³-hybridized carbons (Fsp3) is 0.188. The molecule has 0 aliphatic heterocycles. The lowest BCUT2D eigenvalue weighted by atomic mass is 10.1. The Morgan fingerprint density at radius 1 is 1.27 bits per heavy atom. The summed E-state index contributed by atoms with van der Waals surface area (Å²) in [6.07, 6.45) is 0. The van der Waals surface area contributed by atoms with Crippen LogP contribution in [-0.2, 0) is 6.54 Å². The van der Waals surface area contributed by atoms with Crippen molar-refractivity contribution in [2.45, 2.75) is 13.5 Å². The van der Waals surface area contributed by atoms with Crippen LogP contribution in [0.3, 0.4) is 0 Å². The predicted molar refractivity (Wildman–Crippen MR) is 85.1 cm³/mol. The van der Waals surface area contributed by atoms with Crippen molar-refractivity contribution in [2.75, 3.05) is 7.05 Å². The quantitative estimate of drug-likeness (QED) is 0.635. The van der Waals surface area contributed by atoms with Gasteiger partial charge in [-0.05, 0) is 30.7 Å². The van der Waals surface area contributed by atoms with Crippen LogP contribution in [0.1, 0.15) is 21.5 Å². The second kappa shape index (κ2) is 6.58. The molecule has 0 atom stereocenters. The zero-order chi connectivity index (χ0) is 16.3. The third kappa shape index (κ3) is 3.62. The number of rotatable bonds is 4. The average molecular weight is 319 g/mol. The second-order valence-electron chi connectivity index (χ2n) is 5.05. The summed E-state index contributed by atoms with van der Waals surface area (Å²) in [5.74, 6) is -0.275. The molecule has 2 rings (SSSR count). The molecule has 2 aromatic carbocycles. The van der Waals surface area contributed by atoms with E-state index in [0.29, 0.717) is 22.7 Å². The van der Waals surface area contributed by atoms with E-state index in [1.54, 1.807) is 38.2 Å². The van der Waals surface area contributed by atoms with Gasteiger partial charge in [0.2, 0.25) is 0 Å². The highest BCUT2D eigenvalue weighted by molar-refractivity contribution is 6.30. The summed E-state index contributed by atoms with van der Waals surface area (Å²) in [6, 6.07) is 11.7. The van der Waals surface area contributed by atoms with Crippen LogP contribution in [0, 0.1) is 17.0 Å². The number of carbonyl (C=O) groups excluding carboxylic acids is 1. The molecule has 0 heterocycles. The fourth-order valence-corrected chi connectivity index (χ4v) is 2.35. The van der Waals surface area contributed by atoms with Crippen LogP contribution in [0.5, 0.6) is 0 Å². The molecule has 0 unspecified atom stereocenters. The van der Waals surface area contributed by atoms with E-state index in [2.05, 4.69) is 0 Å². The van der Waals surface area contributed by atoms with E-state index in [4.69, 9.17) is 11.6 Å². The summed E-state index contributed by atoms with van der Waals surface area (Å²) in [6.45, 7) is 2.02. The van der Waals surface area contributed by atoms with Crippen LogP contribution in [0.15, 0.2) is 42.5 Å². The molecule has 0 saturated carbocycles. The molecule has 114 valence electrons. The highest BCUT2D eigenvalue weighted by atomic mass is 35.5. The molecule has 0 N–H and O–H groups in total. The van der Waals surface area contributed by atoms with Crippen molar-refractivity contribution in [3.63, 3.8) is 0 Å². The molecule has 22 heavy (non-hydrogen) atoms. The molecular formula is C16H15ClN2O3. The van der Waals surface area contributed by atoms with Crippen molar-refractivity contribution in [3.8, 4) is 0 Å². The Morgan fingerprint density at radius 2 is 2.00 bits per heavy atom. The first-order valence-corrected chi connectivity index (χ1v) is 7.01. The zero-order valence-corrected chi connectivity index (χ0v) is 13.0. The van der Waals surface area contributed by atoms with Gasteiger partial charge in [0, 0.05) is 35.8 Å². The van der Waals surface area contributed by atoms with Crippen molar-refractivity contribution < 1.29 is 9.72 Å². The molecule has 5 nitrogen and oxygen atoms in total. The molecule has 1 amide bonds. The molecule has 0 fully saturated rings. The number of nitrogens with zero attached hydrogens (tertiary/aromatic N) is 2. The number of hydrogen-bond donors (Lipinski definition) is 0. The Bertz CT molecular complexity index is 731. The number of nitro benzene ring substituents is 1. The van der Waals surface area contributed by atoms with Gasteiger partial charge in [0.1, 0.15) is 0 Å². The van der Waals surface area contributed by atoms with Gasteiger partial charge in [0.05, 0.1) is 4.92 Å². The molecule has 2 aromatic rings. The van der Waals surface area contributed by atoms with Crippen LogP contribution >= 0.6 is 11.6 Å². The van der Waals surface area contributed by atoms with Gasteiger partial charge >= 0.3 is 0 Å². The Kier molecular flexibility index (Phi) is 4.78. The maximum atomic E-state index is 12.4. The Balaban J connectivity index is 2.20. The van der Waals surface area contributed by atoms with Crippen molar-refractivity contribution in [2.24, 2.45) is 0 Å². The lowest BCUT2D eigenvalue weighted by molar-refractivity contribution is -0.385.